The molecule has 0 fully saturated rings. The lowest BCUT2D eigenvalue weighted by molar-refractivity contribution is 1.22. The highest BCUT2D eigenvalue weighted by Gasteiger charge is 1.97. The van der Waals surface area contributed by atoms with Crippen molar-refractivity contribution in [3.05, 3.63) is 71.8 Å². The first kappa shape index (κ1) is 12.2. The van der Waals surface area contributed by atoms with Gasteiger partial charge in [0, 0.05) is 0 Å². The first-order chi connectivity index (χ1) is 8.77. The fourth-order valence-electron chi connectivity index (χ4n) is 1.62. The average Bonchev–Trinajstić information content (AvgIpc) is 2.46. The van der Waals surface area contributed by atoms with E-state index in [2.05, 4.69) is 10.2 Å². The number of hydrogen-bond donors (Lipinski definition) is 0. The Labute approximate surface area is 108 Å². The minimum atomic E-state index is 0.922. The molecule has 0 aliphatic carbocycles. The molecular formula is C16H16N2. The summed E-state index contributed by atoms with van der Waals surface area (Å²) in [6, 6.07) is 20.1. The first-order valence-electron chi connectivity index (χ1n) is 5.97. The zero-order valence-corrected chi connectivity index (χ0v) is 10.7. The Kier molecular flexibility index (Phi) is 4.02. The summed E-state index contributed by atoms with van der Waals surface area (Å²) < 4.78 is 0. The smallest absolute Gasteiger partial charge is 0.0671 e. The molecule has 0 saturated heterocycles. The van der Waals surface area contributed by atoms with Gasteiger partial charge in [-0.2, -0.15) is 10.2 Å². The van der Waals surface area contributed by atoms with Crippen LogP contribution in [0.15, 0.2) is 70.9 Å². The number of rotatable bonds is 3. The van der Waals surface area contributed by atoms with Crippen LogP contribution in [0.25, 0.3) is 0 Å². The number of nitrogens with zero attached hydrogens (tertiary/aromatic N) is 2. The van der Waals surface area contributed by atoms with E-state index in [9.17, 15) is 0 Å². The van der Waals surface area contributed by atoms with Gasteiger partial charge in [-0.3, -0.25) is 0 Å². The summed E-state index contributed by atoms with van der Waals surface area (Å²) in [6.07, 6.45) is 0. The predicted molar refractivity (Wildman–Crippen MR) is 77.3 cm³/mol. The number of hydrogen-bond acceptors (Lipinski definition) is 2. The van der Waals surface area contributed by atoms with Crippen molar-refractivity contribution in [1.82, 2.24) is 0 Å². The van der Waals surface area contributed by atoms with E-state index in [1.807, 2.05) is 74.5 Å². The van der Waals surface area contributed by atoms with E-state index < -0.39 is 0 Å². The Balaban J connectivity index is 2.20. The maximum absolute atomic E-state index is 4.28. The van der Waals surface area contributed by atoms with Crippen LogP contribution in [0.3, 0.4) is 0 Å². The highest BCUT2D eigenvalue weighted by atomic mass is 15.2. The summed E-state index contributed by atoms with van der Waals surface area (Å²) in [5.41, 5.74) is 4.04. The van der Waals surface area contributed by atoms with Gasteiger partial charge >= 0.3 is 0 Å². The quantitative estimate of drug-likeness (QED) is 0.570. The molecule has 90 valence electrons. The molecule has 2 aromatic rings. The fourth-order valence-corrected chi connectivity index (χ4v) is 1.62. The van der Waals surface area contributed by atoms with Crippen molar-refractivity contribution in [2.24, 2.45) is 10.2 Å². The van der Waals surface area contributed by atoms with E-state index in [1.165, 1.54) is 0 Å². The third-order valence-electron chi connectivity index (χ3n) is 2.73. The minimum absolute atomic E-state index is 0.922. The van der Waals surface area contributed by atoms with Crippen molar-refractivity contribution < 1.29 is 0 Å². The first-order valence-corrected chi connectivity index (χ1v) is 5.97. The third kappa shape index (κ3) is 3.14. The second-order valence-electron chi connectivity index (χ2n) is 4.10. The molecule has 0 amide bonds. The molecule has 0 aliphatic heterocycles. The van der Waals surface area contributed by atoms with Crippen molar-refractivity contribution in [2.75, 3.05) is 0 Å². The zero-order chi connectivity index (χ0) is 12.8. The van der Waals surface area contributed by atoms with Crippen molar-refractivity contribution in [3.8, 4) is 0 Å². The Bertz CT molecular complexity index is 501. The van der Waals surface area contributed by atoms with Crippen molar-refractivity contribution >= 4 is 11.4 Å². The lowest BCUT2D eigenvalue weighted by Gasteiger charge is -1.99. The molecule has 18 heavy (non-hydrogen) atoms. The Morgan fingerprint density at radius 1 is 0.611 bits per heavy atom. The molecule has 0 unspecified atom stereocenters. The molecule has 2 nitrogen and oxygen atoms in total. The van der Waals surface area contributed by atoms with Crippen LogP contribution in [0.5, 0.6) is 0 Å². The largest absolute Gasteiger partial charge is 0.155 e. The monoisotopic (exact) mass is 236 g/mol. The van der Waals surface area contributed by atoms with Crippen LogP contribution >= 0.6 is 0 Å². The average molecular weight is 236 g/mol. The van der Waals surface area contributed by atoms with Gasteiger partial charge in [-0.25, -0.2) is 0 Å². The van der Waals surface area contributed by atoms with Crippen LogP contribution < -0.4 is 0 Å². The van der Waals surface area contributed by atoms with E-state index in [0.29, 0.717) is 0 Å². The summed E-state index contributed by atoms with van der Waals surface area (Å²) in [4.78, 5) is 0. The summed E-state index contributed by atoms with van der Waals surface area (Å²) in [5, 5.41) is 8.55. The van der Waals surface area contributed by atoms with Crippen LogP contribution in [0.2, 0.25) is 0 Å². The van der Waals surface area contributed by atoms with Crippen LogP contribution in [-0.2, 0) is 0 Å². The van der Waals surface area contributed by atoms with Crippen molar-refractivity contribution in [2.45, 2.75) is 13.8 Å². The lowest BCUT2D eigenvalue weighted by Crippen LogP contribution is -1.96. The van der Waals surface area contributed by atoms with Crippen molar-refractivity contribution in [3.63, 3.8) is 0 Å². The van der Waals surface area contributed by atoms with Gasteiger partial charge in [0.1, 0.15) is 0 Å². The molecule has 0 aromatic heterocycles. The van der Waals surface area contributed by atoms with Gasteiger partial charge in [0.2, 0.25) is 0 Å². The Morgan fingerprint density at radius 2 is 0.944 bits per heavy atom. The van der Waals surface area contributed by atoms with Crippen LogP contribution in [0, 0.1) is 0 Å². The van der Waals surface area contributed by atoms with Gasteiger partial charge in [0.15, 0.2) is 0 Å². The zero-order valence-electron chi connectivity index (χ0n) is 10.7. The molecule has 2 heteroatoms. The predicted octanol–water partition coefficient (Wildman–Crippen LogP) is 3.92. The van der Waals surface area contributed by atoms with Gasteiger partial charge in [0.25, 0.3) is 0 Å². The van der Waals surface area contributed by atoms with Crippen LogP contribution in [0.1, 0.15) is 25.0 Å². The van der Waals surface area contributed by atoms with Crippen LogP contribution in [-0.4, -0.2) is 11.4 Å². The van der Waals surface area contributed by atoms with E-state index >= 15 is 0 Å². The Morgan fingerprint density at radius 3 is 1.28 bits per heavy atom. The third-order valence-corrected chi connectivity index (χ3v) is 2.73. The molecule has 0 radical (unpaired) electrons. The molecule has 0 bridgehead atoms. The number of benzene rings is 2. The summed E-state index contributed by atoms with van der Waals surface area (Å²) in [6.45, 7) is 3.94. The molecule has 0 atom stereocenters. The van der Waals surface area contributed by atoms with Crippen molar-refractivity contribution in [1.29, 1.82) is 0 Å². The van der Waals surface area contributed by atoms with E-state index in [4.69, 9.17) is 0 Å². The molecule has 0 aliphatic rings. The van der Waals surface area contributed by atoms with Gasteiger partial charge in [-0.1, -0.05) is 60.7 Å². The van der Waals surface area contributed by atoms with Gasteiger partial charge in [0.05, 0.1) is 11.4 Å². The molecule has 0 saturated carbocycles. The molecule has 0 spiro atoms. The summed E-state index contributed by atoms with van der Waals surface area (Å²) in [7, 11) is 0. The van der Waals surface area contributed by atoms with E-state index in [0.717, 1.165) is 22.6 Å². The second-order valence-corrected chi connectivity index (χ2v) is 4.10. The molecule has 0 heterocycles. The molecule has 2 aromatic carbocycles. The lowest BCUT2D eigenvalue weighted by atomic mass is 10.1. The van der Waals surface area contributed by atoms with E-state index in [1.54, 1.807) is 0 Å². The maximum Gasteiger partial charge on any atom is 0.0671 e. The summed E-state index contributed by atoms with van der Waals surface area (Å²) in [5.74, 6) is 0. The van der Waals surface area contributed by atoms with Gasteiger partial charge in [-0.05, 0) is 25.0 Å². The molecule has 2 rings (SSSR count). The standard InChI is InChI=1S/C16H16N2/c1-13(15-9-5-3-6-10-15)17-18-14(2)16-11-7-4-8-12-16/h3-12H,1-2H3/b17-13-,18-14-. The molecule has 0 N–H and O–H groups in total. The minimum Gasteiger partial charge on any atom is -0.155 e. The second kappa shape index (κ2) is 5.92. The highest BCUT2D eigenvalue weighted by molar-refractivity contribution is 6.01. The highest BCUT2D eigenvalue weighted by Crippen LogP contribution is 2.04. The molecular weight excluding hydrogens is 220 g/mol. The Hall–Kier alpha value is -2.22. The van der Waals surface area contributed by atoms with Gasteiger partial charge in [-0.15, -0.1) is 0 Å². The maximum atomic E-state index is 4.28. The topological polar surface area (TPSA) is 24.7 Å². The van der Waals surface area contributed by atoms with E-state index in [-0.39, 0.29) is 0 Å². The fraction of sp³-hybridized carbons (Fsp3) is 0.125. The summed E-state index contributed by atoms with van der Waals surface area (Å²) >= 11 is 0. The van der Waals surface area contributed by atoms with Crippen LogP contribution in [0.4, 0.5) is 0 Å². The normalized spacial score (nSPS) is 12.6. The van der Waals surface area contributed by atoms with Gasteiger partial charge < -0.3 is 0 Å². The SMILES string of the molecule is C/C(=N/N=C(/C)c1ccccc1)c1ccccc1.